The molecule has 1 aromatic carbocycles. The van der Waals surface area contributed by atoms with Crippen LogP contribution in [-0.2, 0) is 4.79 Å². The highest BCUT2D eigenvalue weighted by Crippen LogP contribution is 2.20. The maximum absolute atomic E-state index is 11.6. The number of primary amides is 1. The lowest BCUT2D eigenvalue weighted by Gasteiger charge is -2.10. The van der Waals surface area contributed by atoms with Crippen LogP contribution in [0, 0.1) is 5.92 Å². The molecule has 0 radical (unpaired) electrons. The Balaban J connectivity index is 2.76. The number of hydrogen-bond donors (Lipinski definition) is 3. The van der Waals surface area contributed by atoms with Crippen molar-refractivity contribution in [2.75, 3.05) is 11.9 Å². The van der Waals surface area contributed by atoms with Crippen molar-refractivity contribution in [3.8, 4) is 0 Å². The Kier molecular flexibility index (Phi) is 5.12. The average molecular weight is 270 g/mol. The summed E-state index contributed by atoms with van der Waals surface area (Å²) in [6.07, 6.45) is 0.324. The van der Waals surface area contributed by atoms with Gasteiger partial charge in [-0.05, 0) is 30.7 Å². The van der Waals surface area contributed by atoms with Crippen LogP contribution in [-0.4, -0.2) is 18.4 Å². The SMILES string of the molecule is CC(CN)CC(=O)Nc1ccc(Cl)c(C(N)=O)c1. The molecule has 0 aromatic heterocycles. The molecule has 0 aliphatic rings. The third kappa shape index (κ3) is 4.01. The van der Waals surface area contributed by atoms with E-state index in [4.69, 9.17) is 23.1 Å². The fraction of sp³-hybridized carbons (Fsp3) is 0.333. The van der Waals surface area contributed by atoms with Crippen LogP contribution in [0.2, 0.25) is 5.02 Å². The third-order valence-electron chi connectivity index (χ3n) is 2.45. The van der Waals surface area contributed by atoms with Crippen LogP contribution in [0.1, 0.15) is 23.7 Å². The molecule has 0 aliphatic carbocycles. The Hall–Kier alpha value is -1.59. The van der Waals surface area contributed by atoms with Crippen molar-refractivity contribution in [3.05, 3.63) is 28.8 Å². The number of amides is 2. The van der Waals surface area contributed by atoms with Gasteiger partial charge in [0.05, 0.1) is 10.6 Å². The topological polar surface area (TPSA) is 98.2 Å². The first-order chi connectivity index (χ1) is 8.43. The predicted molar refractivity (Wildman–Crippen MR) is 71.4 cm³/mol. The van der Waals surface area contributed by atoms with Crippen molar-refractivity contribution >= 4 is 29.1 Å². The molecule has 1 aromatic rings. The lowest BCUT2D eigenvalue weighted by Crippen LogP contribution is -2.20. The summed E-state index contributed by atoms with van der Waals surface area (Å²) in [6.45, 7) is 2.33. The van der Waals surface area contributed by atoms with Gasteiger partial charge in [-0.1, -0.05) is 18.5 Å². The number of rotatable bonds is 5. The van der Waals surface area contributed by atoms with Crippen LogP contribution in [0.4, 0.5) is 5.69 Å². The predicted octanol–water partition coefficient (Wildman–Crippen LogP) is 1.36. The van der Waals surface area contributed by atoms with Crippen LogP contribution in [0.25, 0.3) is 0 Å². The fourth-order valence-electron chi connectivity index (χ4n) is 1.40. The Morgan fingerprint density at radius 3 is 2.67 bits per heavy atom. The maximum atomic E-state index is 11.6. The maximum Gasteiger partial charge on any atom is 0.250 e. The smallest absolute Gasteiger partial charge is 0.250 e. The summed E-state index contributed by atoms with van der Waals surface area (Å²) in [5, 5.41) is 2.93. The van der Waals surface area contributed by atoms with E-state index in [0.717, 1.165) is 0 Å². The Morgan fingerprint density at radius 1 is 1.44 bits per heavy atom. The summed E-state index contributed by atoms with van der Waals surface area (Å²) in [6, 6.07) is 4.58. The molecule has 2 amide bonds. The van der Waals surface area contributed by atoms with Gasteiger partial charge >= 0.3 is 0 Å². The molecule has 0 aliphatic heterocycles. The second-order valence-electron chi connectivity index (χ2n) is 4.15. The zero-order chi connectivity index (χ0) is 13.7. The Morgan fingerprint density at radius 2 is 2.11 bits per heavy atom. The van der Waals surface area contributed by atoms with Gasteiger partial charge in [-0.15, -0.1) is 0 Å². The number of benzene rings is 1. The first-order valence-electron chi connectivity index (χ1n) is 5.53. The van der Waals surface area contributed by atoms with Gasteiger partial charge < -0.3 is 16.8 Å². The van der Waals surface area contributed by atoms with Crippen LogP contribution < -0.4 is 16.8 Å². The minimum absolute atomic E-state index is 0.105. The second-order valence-corrected chi connectivity index (χ2v) is 4.56. The molecular weight excluding hydrogens is 254 g/mol. The number of anilines is 1. The van der Waals surface area contributed by atoms with E-state index in [1.165, 1.54) is 12.1 Å². The molecule has 0 heterocycles. The quantitative estimate of drug-likeness (QED) is 0.753. The minimum Gasteiger partial charge on any atom is -0.366 e. The van der Waals surface area contributed by atoms with Gasteiger partial charge in [-0.3, -0.25) is 9.59 Å². The summed E-state index contributed by atoms with van der Waals surface area (Å²) in [5.41, 5.74) is 11.3. The second kappa shape index (κ2) is 6.37. The number of hydrogen-bond acceptors (Lipinski definition) is 3. The van der Waals surface area contributed by atoms with Gasteiger partial charge in [0.1, 0.15) is 0 Å². The molecule has 98 valence electrons. The van der Waals surface area contributed by atoms with E-state index in [1.807, 2.05) is 6.92 Å². The van der Waals surface area contributed by atoms with Gasteiger partial charge in [-0.25, -0.2) is 0 Å². The zero-order valence-electron chi connectivity index (χ0n) is 10.1. The van der Waals surface area contributed by atoms with Crippen molar-refractivity contribution in [1.82, 2.24) is 0 Å². The highest BCUT2D eigenvalue weighted by molar-refractivity contribution is 6.33. The lowest BCUT2D eigenvalue weighted by atomic mass is 10.1. The van der Waals surface area contributed by atoms with E-state index in [9.17, 15) is 9.59 Å². The number of nitrogens with one attached hydrogen (secondary N) is 1. The van der Waals surface area contributed by atoms with Crippen LogP contribution in [0.3, 0.4) is 0 Å². The van der Waals surface area contributed by atoms with Gasteiger partial charge in [0, 0.05) is 12.1 Å². The summed E-state index contributed by atoms with van der Waals surface area (Å²) in [4.78, 5) is 22.7. The summed E-state index contributed by atoms with van der Waals surface area (Å²) < 4.78 is 0. The van der Waals surface area contributed by atoms with Crippen molar-refractivity contribution in [3.63, 3.8) is 0 Å². The van der Waals surface area contributed by atoms with Crippen LogP contribution >= 0.6 is 11.6 Å². The van der Waals surface area contributed by atoms with Crippen molar-refractivity contribution in [2.24, 2.45) is 17.4 Å². The molecule has 6 heteroatoms. The first kappa shape index (κ1) is 14.5. The molecule has 5 N–H and O–H groups in total. The standard InChI is InChI=1S/C12H16ClN3O2/c1-7(6-14)4-11(17)16-8-2-3-10(13)9(5-8)12(15)18/h2-3,5,7H,4,6,14H2,1H3,(H2,15,18)(H,16,17). The summed E-state index contributed by atoms with van der Waals surface area (Å²) in [7, 11) is 0. The first-order valence-corrected chi connectivity index (χ1v) is 5.91. The van der Waals surface area contributed by atoms with E-state index in [-0.39, 0.29) is 22.4 Å². The van der Waals surface area contributed by atoms with Gasteiger partial charge in [0.25, 0.3) is 0 Å². The van der Waals surface area contributed by atoms with E-state index in [2.05, 4.69) is 5.32 Å². The monoisotopic (exact) mass is 269 g/mol. The molecule has 0 saturated carbocycles. The van der Waals surface area contributed by atoms with Crippen molar-refractivity contribution < 1.29 is 9.59 Å². The van der Waals surface area contributed by atoms with Gasteiger partial charge in [-0.2, -0.15) is 0 Å². The highest BCUT2D eigenvalue weighted by Gasteiger charge is 2.11. The fourth-order valence-corrected chi connectivity index (χ4v) is 1.61. The number of halogens is 1. The summed E-state index contributed by atoms with van der Waals surface area (Å²) >= 11 is 5.80. The van der Waals surface area contributed by atoms with E-state index in [0.29, 0.717) is 18.7 Å². The Bertz CT molecular complexity index is 463. The molecule has 0 saturated heterocycles. The van der Waals surface area contributed by atoms with Crippen molar-refractivity contribution in [1.29, 1.82) is 0 Å². The molecule has 1 atom stereocenters. The molecule has 0 spiro atoms. The molecular formula is C12H16ClN3O2. The Labute approximate surface area is 110 Å². The minimum atomic E-state index is -0.633. The lowest BCUT2D eigenvalue weighted by molar-refractivity contribution is -0.116. The van der Waals surface area contributed by atoms with Crippen molar-refractivity contribution in [2.45, 2.75) is 13.3 Å². The number of nitrogens with two attached hydrogens (primary N) is 2. The molecule has 1 rings (SSSR count). The zero-order valence-corrected chi connectivity index (χ0v) is 10.8. The van der Waals surface area contributed by atoms with Crippen LogP contribution in [0.15, 0.2) is 18.2 Å². The van der Waals surface area contributed by atoms with Gasteiger partial charge in [0.15, 0.2) is 0 Å². The number of carbonyl (C=O) groups is 2. The van der Waals surface area contributed by atoms with Crippen LogP contribution in [0.5, 0.6) is 0 Å². The van der Waals surface area contributed by atoms with E-state index < -0.39 is 5.91 Å². The molecule has 0 bridgehead atoms. The molecule has 5 nitrogen and oxygen atoms in total. The molecule has 18 heavy (non-hydrogen) atoms. The third-order valence-corrected chi connectivity index (χ3v) is 2.78. The number of carbonyl (C=O) groups excluding carboxylic acids is 2. The van der Waals surface area contributed by atoms with Gasteiger partial charge in [0.2, 0.25) is 11.8 Å². The normalized spacial score (nSPS) is 11.9. The largest absolute Gasteiger partial charge is 0.366 e. The molecule has 0 fully saturated rings. The van der Waals surface area contributed by atoms with E-state index >= 15 is 0 Å². The van der Waals surface area contributed by atoms with E-state index in [1.54, 1.807) is 6.07 Å². The molecule has 1 unspecified atom stereocenters. The highest BCUT2D eigenvalue weighted by atomic mass is 35.5. The summed E-state index contributed by atoms with van der Waals surface area (Å²) in [5.74, 6) is -0.690. The average Bonchev–Trinajstić information content (AvgIpc) is 2.31.